The molecule has 0 saturated carbocycles. The van der Waals surface area contributed by atoms with Gasteiger partial charge in [0.15, 0.2) is 0 Å². The Morgan fingerprint density at radius 1 is 1.21 bits per heavy atom. The Morgan fingerprint density at radius 2 is 2.17 bits per heavy atom. The summed E-state index contributed by atoms with van der Waals surface area (Å²) in [5.41, 5.74) is 3.67. The minimum Gasteiger partial charge on any atom is -0.329 e. The van der Waals surface area contributed by atoms with Gasteiger partial charge < -0.3 is 4.90 Å². The number of nitrogens with zero attached hydrogens (tertiary/aromatic N) is 5. The molecule has 2 aromatic heterocycles. The number of halogens is 1. The Balaban J connectivity index is 1.81. The smallest absolute Gasteiger partial charge is 0.257 e. The quantitative estimate of drug-likeness (QED) is 0.604. The summed E-state index contributed by atoms with van der Waals surface area (Å²) >= 11 is 3.57. The first-order chi connectivity index (χ1) is 11.8. The summed E-state index contributed by atoms with van der Waals surface area (Å²) in [5.74, 6) is 8.16. The molecule has 6 heteroatoms. The Hall–Kier alpha value is -2.39. The predicted molar refractivity (Wildman–Crippen MR) is 96.6 cm³/mol. The van der Waals surface area contributed by atoms with E-state index in [1.54, 1.807) is 6.33 Å². The highest BCUT2D eigenvalue weighted by atomic mass is 79.9. The molecule has 2 aliphatic rings. The molecule has 0 spiro atoms. The molecule has 1 aromatic carbocycles. The summed E-state index contributed by atoms with van der Waals surface area (Å²) in [7, 11) is 0. The van der Waals surface area contributed by atoms with E-state index in [-0.39, 0.29) is 0 Å². The molecule has 118 valence electrons. The Morgan fingerprint density at radius 3 is 3.12 bits per heavy atom. The molecule has 0 saturated heterocycles. The van der Waals surface area contributed by atoms with Crippen molar-refractivity contribution >= 4 is 38.4 Å². The third-order valence-corrected chi connectivity index (χ3v) is 5.15. The van der Waals surface area contributed by atoms with Gasteiger partial charge in [-0.1, -0.05) is 27.8 Å². The van der Waals surface area contributed by atoms with Crippen LogP contribution in [0, 0.1) is 11.8 Å². The van der Waals surface area contributed by atoms with Gasteiger partial charge in [0.2, 0.25) is 0 Å². The molecule has 1 aliphatic carbocycles. The van der Waals surface area contributed by atoms with Gasteiger partial charge >= 0.3 is 0 Å². The number of aromatic nitrogens is 4. The zero-order valence-corrected chi connectivity index (χ0v) is 14.5. The van der Waals surface area contributed by atoms with Gasteiger partial charge in [-0.2, -0.15) is 4.98 Å². The second kappa shape index (κ2) is 5.32. The SMILES string of the molecule is Brc1ccc2c(N3CCCC4=C3CCC#C4)nc3nncn3c2c1. The van der Waals surface area contributed by atoms with Crippen molar-refractivity contribution in [2.75, 3.05) is 11.4 Å². The summed E-state index contributed by atoms with van der Waals surface area (Å²) in [6, 6.07) is 6.27. The summed E-state index contributed by atoms with van der Waals surface area (Å²) in [4.78, 5) is 7.17. The Bertz CT molecular complexity index is 1070. The van der Waals surface area contributed by atoms with Crippen molar-refractivity contribution in [2.45, 2.75) is 25.7 Å². The first-order valence-electron chi connectivity index (χ1n) is 8.09. The zero-order valence-electron chi connectivity index (χ0n) is 13.0. The van der Waals surface area contributed by atoms with Crippen LogP contribution in [0.25, 0.3) is 16.7 Å². The molecular weight excluding hydrogens is 366 g/mol. The highest BCUT2D eigenvalue weighted by molar-refractivity contribution is 9.10. The number of benzene rings is 1. The van der Waals surface area contributed by atoms with Crippen molar-refractivity contribution in [3.05, 3.63) is 40.3 Å². The van der Waals surface area contributed by atoms with E-state index in [0.29, 0.717) is 5.78 Å². The number of anilines is 1. The maximum atomic E-state index is 4.83. The summed E-state index contributed by atoms with van der Waals surface area (Å²) < 4.78 is 2.97. The first-order valence-corrected chi connectivity index (χ1v) is 8.88. The third-order valence-electron chi connectivity index (χ3n) is 4.66. The van der Waals surface area contributed by atoms with Crippen LogP contribution in [0.2, 0.25) is 0 Å². The highest BCUT2D eigenvalue weighted by Gasteiger charge is 2.25. The molecule has 5 nitrogen and oxygen atoms in total. The second-order valence-electron chi connectivity index (χ2n) is 6.08. The molecular formula is C18H14BrN5. The van der Waals surface area contributed by atoms with Crippen LogP contribution in [0.1, 0.15) is 25.7 Å². The molecule has 0 unspecified atom stereocenters. The van der Waals surface area contributed by atoms with E-state index in [9.17, 15) is 0 Å². The lowest BCUT2D eigenvalue weighted by Gasteiger charge is -2.33. The molecule has 3 heterocycles. The lowest BCUT2D eigenvalue weighted by atomic mass is 9.96. The van der Waals surface area contributed by atoms with Crippen molar-refractivity contribution in [3.8, 4) is 11.8 Å². The lowest BCUT2D eigenvalue weighted by molar-refractivity contribution is 0.697. The van der Waals surface area contributed by atoms with Crippen LogP contribution in [0.3, 0.4) is 0 Å². The van der Waals surface area contributed by atoms with Crippen molar-refractivity contribution in [2.24, 2.45) is 0 Å². The van der Waals surface area contributed by atoms with Gasteiger partial charge in [0.1, 0.15) is 12.1 Å². The molecule has 0 amide bonds. The fraction of sp³-hybridized carbons (Fsp3) is 0.278. The van der Waals surface area contributed by atoms with Gasteiger partial charge in [-0.25, -0.2) is 0 Å². The molecule has 0 bridgehead atoms. The minimum absolute atomic E-state index is 0.630. The van der Waals surface area contributed by atoms with Gasteiger partial charge in [-0.15, -0.1) is 10.2 Å². The van der Waals surface area contributed by atoms with Crippen LogP contribution in [0.5, 0.6) is 0 Å². The van der Waals surface area contributed by atoms with E-state index in [4.69, 9.17) is 4.98 Å². The van der Waals surface area contributed by atoms with Crippen LogP contribution < -0.4 is 4.90 Å². The van der Waals surface area contributed by atoms with Crippen molar-refractivity contribution < 1.29 is 0 Å². The average Bonchev–Trinajstić information content (AvgIpc) is 3.09. The van der Waals surface area contributed by atoms with Gasteiger partial charge in [0.05, 0.1) is 5.52 Å². The first kappa shape index (κ1) is 14.0. The van der Waals surface area contributed by atoms with E-state index in [1.807, 2.05) is 4.40 Å². The summed E-state index contributed by atoms with van der Waals surface area (Å²) in [6.07, 6.45) is 5.82. The molecule has 0 atom stereocenters. The minimum atomic E-state index is 0.630. The number of fused-ring (bicyclic) bond motifs is 3. The molecule has 0 N–H and O–H groups in total. The molecule has 0 fully saturated rings. The van der Waals surface area contributed by atoms with Crippen LogP contribution in [-0.4, -0.2) is 26.1 Å². The van der Waals surface area contributed by atoms with E-state index < -0.39 is 0 Å². The monoisotopic (exact) mass is 379 g/mol. The van der Waals surface area contributed by atoms with Crippen LogP contribution in [0.15, 0.2) is 40.3 Å². The molecule has 24 heavy (non-hydrogen) atoms. The van der Waals surface area contributed by atoms with E-state index in [1.165, 1.54) is 11.3 Å². The van der Waals surface area contributed by atoms with Crippen molar-refractivity contribution in [3.63, 3.8) is 0 Å². The molecule has 0 radical (unpaired) electrons. The average molecular weight is 380 g/mol. The third kappa shape index (κ3) is 2.05. The number of hydrogen-bond donors (Lipinski definition) is 0. The number of hydrogen-bond acceptors (Lipinski definition) is 4. The van der Waals surface area contributed by atoms with E-state index in [2.05, 4.69) is 61.1 Å². The largest absolute Gasteiger partial charge is 0.329 e. The maximum absolute atomic E-state index is 4.83. The topological polar surface area (TPSA) is 46.3 Å². The predicted octanol–water partition coefficient (Wildman–Crippen LogP) is 3.69. The molecule has 5 rings (SSSR count). The van der Waals surface area contributed by atoms with E-state index >= 15 is 0 Å². The normalized spacial score (nSPS) is 17.1. The van der Waals surface area contributed by atoms with Gasteiger partial charge in [-0.05, 0) is 37.5 Å². The molecule has 1 aliphatic heterocycles. The summed E-state index contributed by atoms with van der Waals surface area (Å²) in [6.45, 7) is 0.975. The van der Waals surface area contributed by atoms with Gasteiger partial charge in [0.25, 0.3) is 5.78 Å². The van der Waals surface area contributed by atoms with Gasteiger partial charge in [0, 0.05) is 34.1 Å². The van der Waals surface area contributed by atoms with Crippen LogP contribution in [0.4, 0.5) is 5.82 Å². The van der Waals surface area contributed by atoms with Crippen molar-refractivity contribution in [1.29, 1.82) is 0 Å². The number of rotatable bonds is 1. The summed E-state index contributed by atoms with van der Waals surface area (Å²) in [5, 5.41) is 9.31. The second-order valence-corrected chi connectivity index (χ2v) is 7.00. The van der Waals surface area contributed by atoms with Crippen LogP contribution >= 0.6 is 15.9 Å². The van der Waals surface area contributed by atoms with Gasteiger partial charge in [-0.3, -0.25) is 4.40 Å². The highest BCUT2D eigenvalue weighted by Crippen LogP contribution is 2.35. The standard InChI is InChI=1S/C18H14BrN5/c19-13-7-8-14-16(10-13)24-11-20-22-18(24)21-17(14)23-9-3-5-12-4-1-2-6-15(12)23/h7-8,10-11H,2-3,5-6,9H2. The fourth-order valence-electron chi connectivity index (χ4n) is 3.59. The molecule has 3 aromatic rings. The van der Waals surface area contributed by atoms with Crippen LogP contribution in [-0.2, 0) is 0 Å². The lowest BCUT2D eigenvalue weighted by Crippen LogP contribution is -2.30. The van der Waals surface area contributed by atoms with Crippen molar-refractivity contribution in [1.82, 2.24) is 19.6 Å². The fourth-order valence-corrected chi connectivity index (χ4v) is 3.94. The van der Waals surface area contributed by atoms with E-state index in [0.717, 1.165) is 53.4 Å². The zero-order chi connectivity index (χ0) is 16.1. The Kier molecular flexibility index (Phi) is 3.10. The Labute approximate surface area is 147 Å². The maximum Gasteiger partial charge on any atom is 0.257 e. The number of allylic oxidation sites excluding steroid dienone is 2.